The van der Waals surface area contributed by atoms with Gasteiger partial charge in [0.15, 0.2) is 6.61 Å². The number of esters is 1. The number of sulfonamides is 1. The molecule has 1 atom stereocenters. The zero-order valence-corrected chi connectivity index (χ0v) is 17.9. The highest BCUT2D eigenvalue weighted by atomic mass is 32.2. The number of rotatable bonds is 9. The summed E-state index contributed by atoms with van der Waals surface area (Å²) in [5, 5.41) is 0. The van der Waals surface area contributed by atoms with Gasteiger partial charge in [0.1, 0.15) is 16.8 Å². The molecule has 0 fully saturated rings. The van der Waals surface area contributed by atoms with Gasteiger partial charge in [-0.1, -0.05) is 56.3 Å². The second-order valence-electron chi connectivity index (χ2n) is 7.12. The Balaban J connectivity index is 2.00. The van der Waals surface area contributed by atoms with Crippen LogP contribution in [0.5, 0.6) is 0 Å². The van der Waals surface area contributed by atoms with Crippen LogP contribution in [0.4, 0.5) is 4.39 Å². The number of benzene rings is 2. The van der Waals surface area contributed by atoms with Gasteiger partial charge in [-0.15, -0.1) is 0 Å². The van der Waals surface area contributed by atoms with Gasteiger partial charge in [-0.3, -0.25) is 9.59 Å². The molecule has 162 valence electrons. The molecule has 0 saturated heterocycles. The lowest BCUT2D eigenvalue weighted by Crippen LogP contribution is -2.46. The molecular formula is C21H25FN2O5S. The summed E-state index contributed by atoms with van der Waals surface area (Å²) >= 11 is 0. The monoisotopic (exact) mass is 436 g/mol. The van der Waals surface area contributed by atoms with E-state index < -0.39 is 51.2 Å². The third-order valence-electron chi connectivity index (χ3n) is 4.36. The van der Waals surface area contributed by atoms with Gasteiger partial charge in [-0.2, -0.15) is 4.72 Å². The van der Waals surface area contributed by atoms with E-state index in [9.17, 15) is 22.4 Å². The van der Waals surface area contributed by atoms with E-state index in [4.69, 9.17) is 4.74 Å². The third kappa shape index (κ3) is 6.36. The number of hydrogen-bond donors (Lipinski definition) is 1. The fourth-order valence-electron chi connectivity index (χ4n) is 2.63. The Morgan fingerprint density at radius 2 is 1.67 bits per heavy atom. The van der Waals surface area contributed by atoms with Gasteiger partial charge in [-0.25, -0.2) is 12.8 Å². The molecule has 7 nitrogen and oxygen atoms in total. The predicted octanol–water partition coefficient (Wildman–Crippen LogP) is 2.33. The summed E-state index contributed by atoms with van der Waals surface area (Å²) in [6.45, 7) is 3.02. The van der Waals surface area contributed by atoms with Crippen molar-refractivity contribution < 1.29 is 27.1 Å². The quantitative estimate of drug-likeness (QED) is 0.609. The van der Waals surface area contributed by atoms with Crippen molar-refractivity contribution in [3.63, 3.8) is 0 Å². The molecule has 0 spiro atoms. The van der Waals surface area contributed by atoms with E-state index in [2.05, 4.69) is 4.72 Å². The molecule has 0 bridgehead atoms. The molecule has 2 aromatic rings. The van der Waals surface area contributed by atoms with Crippen LogP contribution in [0.1, 0.15) is 19.4 Å². The molecule has 2 aromatic carbocycles. The number of carbonyl (C=O) groups excluding carboxylic acids is 2. The summed E-state index contributed by atoms with van der Waals surface area (Å²) in [7, 11) is -2.72. The van der Waals surface area contributed by atoms with Crippen LogP contribution in [0.15, 0.2) is 59.5 Å². The van der Waals surface area contributed by atoms with Crippen molar-refractivity contribution in [1.82, 2.24) is 9.62 Å². The molecule has 0 saturated carbocycles. The van der Waals surface area contributed by atoms with Crippen molar-refractivity contribution >= 4 is 21.9 Å². The van der Waals surface area contributed by atoms with Gasteiger partial charge in [0.05, 0.1) is 0 Å². The number of halogens is 1. The van der Waals surface area contributed by atoms with Gasteiger partial charge in [0, 0.05) is 13.6 Å². The zero-order valence-electron chi connectivity index (χ0n) is 17.0. The van der Waals surface area contributed by atoms with E-state index in [1.54, 1.807) is 20.9 Å². The van der Waals surface area contributed by atoms with Crippen LogP contribution in [-0.4, -0.2) is 44.9 Å². The van der Waals surface area contributed by atoms with Gasteiger partial charge < -0.3 is 9.64 Å². The van der Waals surface area contributed by atoms with E-state index in [0.29, 0.717) is 6.54 Å². The number of amides is 1. The first-order chi connectivity index (χ1) is 14.1. The topological polar surface area (TPSA) is 92.8 Å². The molecule has 2 rings (SSSR count). The molecule has 0 aromatic heterocycles. The van der Waals surface area contributed by atoms with Gasteiger partial charge in [0.25, 0.3) is 5.91 Å². The summed E-state index contributed by atoms with van der Waals surface area (Å²) in [6.07, 6.45) is 0. The lowest BCUT2D eigenvalue weighted by atomic mass is 10.1. The molecule has 1 N–H and O–H groups in total. The Bertz CT molecular complexity index is 980. The normalized spacial score (nSPS) is 12.4. The van der Waals surface area contributed by atoms with Crippen LogP contribution in [-0.2, 0) is 30.9 Å². The minimum atomic E-state index is -4.30. The second-order valence-corrected chi connectivity index (χ2v) is 8.80. The summed E-state index contributed by atoms with van der Waals surface area (Å²) in [5.41, 5.74) is 0.914. The van der Waals surface area contributed by atoms with E-state index in [1.165, 1.54) is 17.0 Å². The molecule has 0 radical (unpaired) electrons. The van der Waals surface area contributed by atoms with E-state index in [0.717, 1.165) is 17.7 Å². The van der Waals surface area contributed by atoms with Crippen molar-refractivity contribution in [3.05, 3.63) is 66.0 Å². The first kappa shape index (κ1) is 23.5. The summed E-state index contributed by atoms with van der Waals surface area (Å²) < 4.78 is 46.1. The van der Waals surface area contributed by atoms with Gasteiger partial charge >= 0.3 is 5.97 Å². The lowest BCUT2D eigenvalue weighted by molar-refractivity contribution is -0.154. The van der Waals surface area contributed by atoms with Crippen LogP contribution >= 0.6 is 0 Å². The Kier molecular flexibility index (Phi) is 8.08. The van der Waals surface area contributed by atoms with Crippen molar-refractivity contribution in [1.29, 1.82) is 0 Å². The molecular weight excluding hydrogens is 411 g/mol. The largest absolute Gasteiger partial charge is 0.454 e. The van der Waals surface area contributed by atoms with Crippen LogP contribution < -0.4 is 4.72 Å². The zero-order chi connectivity index (χ0) is 22.3. The highest BCUT2D eigenvalue weighted by Gasteiger charge is 2.31. The van der Waals surface area contributed by atoms with Crippen molar-refractivity contribution in [3.8, 4) is 0 Å². The number of carbonyl (C=O) groups is 2. The average Bonchev–Trinajstić information content (AvgIpc) is 2.70. The highest BCUT2D eigenvalue weighted by molar-refractivity contribution is 7.89. The molecule has 0 aliphatic rings. The smallest absolute Gasteiger partial charge is 0.324 e. The molecule has 0 aliphatic carbocycles. The Morgan fingerprint density at radius 1 is 1.07 bits per heavy atom. The second kappa shape index (κ2) is 10.3. The van der Waals surface area contributed by atoms with E-state index in [-0.39, 0.29) is 0 Å². The van der Waals surface area contributed by atoms with Crippen molar-refractivity contribution in [2.45, 2.75) is 31.3 Å². The number of ether oxygens (including phenoxy) is 1. The maximum Gasteiger partial charge on any atom is 0.324 e. The Hall–Kier alpha value is -2.78. The molecule has 0 aliphatic heterocycles. The summed E-state index contributed by atoms with van der Waals surface area (Å²) in [4.78, 5) is 25.5. The molecule has 0 unspecified atom stereocenters. The lowest BCUT2D eigenvalue weighted by Gasteiger charge is -2.22. The first-order valence-electron chi connectivity index (χ1n) is 9.33. The standard InChI is InChI=1S/C21H25FN2O5S/c1-15(2)20(23-30(27,28)18-12-8-7-11-17(18)22)21(26)29-14-19(25)24(3)13-16-9-5-4-6-10-16/h4-12,15,20,23H,13-14H2,1-3H3/t20-/m0/s1. The Morgan fingerprint density at radius 3 is 2.27 bits per heavy atom. The highest BCUT2D eigenvalue weighted by Crippen LogP contribution is 2.16. The average molecular weight is 437 g/mol. The van der Waals surface area contributed by atoms with E-state index >= 15 is 0 Å². The SMILES string of the molecule is CC(C)[C@H](NS(=O)(=O)c1ccccc1F)C(=O)OCC(=O)N(C)Cc1ccccc1. The van der Waals surface area contributed by atoms with Crippen molar-refractivity contribution in [2.24, 2.45) is 5.92 Å². The Labute approximate surface area is 175 Å². The number of nitrogens with zero attached hydrogens (tertiary/aromatic N) is 1. The van der Waals surface area contributed by atoms with Crippen molar-refractivity contribution in [2.75, 3.05) is 13.7 Å². The van der Waals surface area contributed by atoms with Crippen LogP contribution in [0.25, 0.3) is 0 Å². The van der Waals surface area contributed by atoms with Gasteiger partial charge in [0.2, 0.25) is 10.0 Å². The fourth-order valence-corrected chi connectivity index (χ4v) is 4.04. The van der Waals surface area contributed by atoms with Crippen LogP contribution in [0, 0.1) is 11.7 Å². The van der Waals surface area contributed by atoms with Crippen LogP contribution in [0.2, 0.25) is 0 Å². The molecule has 0 heterocycles. The molecule has 30 heavy (non-hydrogen) atoms. The summed E-state index contributed by atoms with van der Waals surface area (Å²) in [5.74, 6) is -2.77. The number of hydrogen-bond acceptors (Lipinski definition) is 5. The van der Waals surface area contributed by atoms with E-state index in [1.807, 2.05) is 30.3 Å². The van der Waals surface area contributed by atoms with Crippen LogP contribution in [0.3, 0.4) is 0 Å². The maximum atomic E-state index is 13.9. The molecule has 9 heteroatoms. The number of nitrogens with one attached hydrogen (secondary N) is 1. The fraction of sp³-hybridized carbons (Fsp3) is 0.333. The predicted molar refractivity (Wildman–Crippen MR) is 109 cm³/mol. The first-order valence-corrected chi connectivity index (χ1v) is 10.8. The van der Waals surface area contributed by atoms with Gasteiger partial charge in [-0.05, 0) is 23.6 Å². The minimum Gasteiger partial charge on any atom is -0.454 e. The maximum absolute atomic E-state index is 13.9. The number of likely N-dealkylation sites (N-methyl/N-ethyl adjacent to an activating group) is 1. The molecule has 1 amide bonds. The third-order valence-corrected chi connectivity index (χ3v) is 5.83. The summed E-state index contributed by atoms with van der Waals surface area (Å²) in [6, 6.07) is 12.9. The minimum absolute atomic E-state index is 0.338.